The van der Waals surface area contributed by atoms with Crippen molar-refractivity contribution in [3.05, 3.63) is 117 Å². The van der Waals surface area contributed by atoms with Crippen LogP contribution in [0.1, 0.15) is 209 Å². The molecule has 0 aromatic heterocycles. The Balaban J connectivity index is 0.00000227. The van der Waals surface area contributed by atoms with Gasteiger partial charge in [-0.25, -0.2) is 9.59 Å². The second kappa shape index (κ2) is 42.1. The van der Waals surface area contributed by atoms with Crippen molar-refractivity contribution >= 4 is 76.2 Å². The summed E-state index contributed by atoms with van der Waals surface area (Å²) in [6.07, 6.45) is -12.1. The summed E-state index contributed by atoms with van der Waals surface area (Å²) in [5.74, 6) is -21.5. The van der Waals surface area contributed by atoms with E-state index in [-0.39, 0.29) is 51.1 Å². The molecule has 37 heteroatoms. The number of phenolic OH excluding ortho intramolecular Hbond substituents is 3. The van der Waals surface area contributed by atoms with Gasteiger partial charge in [0.2, 0.25) is 41.6 Å². The molecule has 2 fully saturated rings. The molecule has 0 radical (unpaired) electrons. The number of unbranched alkanes of at least 4 members (excludes halogenated alkanes) is 10. The van der Waals surface area contributed by atoms with Gasteiger partial charge in [0.1, 0.15) is 77.4 Å². The van der Waals surface area contributed by atoms with Crippen molar-refractivity contribution in [1.29, 1.82) is 0 Å². The monoisotopic (exact) mass is 1740 g/mol. The zero-order valence-corrected chi connectivity index (χ0v) is 68.9. The van der Waals surface area contributed by atoms with Crippen LogP contribution in [0.25, 0.3) is 11.1 Å². The van der Waals surface area contributed by atoms with Gasteiger partial charge in [0.05, 0.1) is 40.7 Å². The zero-order chi connectivity index (χ0) is 88.8. The van der Waals surface area contributed by atoms with Crippen LogP contribution in [0.2, 0.25) is 10.0 Å². The first kappa shape index (κ1) is 95.3. The second-order valence-corrected chi connectivity index (χ2v) is 32.6. The molecule has 662 valence electrons. The fourth-order valence-corrected chi connectivity index (χ4v) is 16.0. The number of aliphatic hydroxyl groups excluding tert-OH is 6. The maximum atomic E-state index is 16.3. The van der Waals surface area contributed by atoms with Crippen molar-refractivity contribution in [3.63, 3.8) is 0 Å². The standard InChI is InChI=1S/C82H104Cl2N6O24.C2HF3O2/c1-7-9-10-11-12-13-14-15-16-17-18-25-86-82(6)37-63(109-40(5)75(82)102)113-74-72(101)71(100)61(38-91)112-81(74)114-73-59-31-45-32-60(73)111-58-24-21-44(29-52(58)84)70(99)68-79(106)88-66(80(107)108)50-34-47(92)35-54(94)64(50)49-27-42(19-22-53(49)93)48(78(105)90-68)36-56(96)65(45)87-77(104)46(33-62(85)97)30-55(95)67(89-76(103)41(8-2)26-39(3)4)69(98)43-20-23-57(110-59)51(83)28-43;3-2(4,5)1(6)7/h19-24,27-29,31-32,34-35,39-41,46,48,61,63,65-72,74-75,81,86,91-94,98-102H,7-18,25-26,30,33,36-38H2,1-6H3,(H2,85,97)(H,87,104)(H,88,106)(H,89,103)(H,90,105)(H,107,108);(H,6,7)/t40-,41+,46-,48?,61+,63-,65+,66-,67-,68-,69+,70+,71+,72-,74+,75+,81-,82-;/m0./s1. The van der Waals surface area contributed by atoms with Gasteiger partial charge in [-0.1, -0.05) is 133 Å². The Morgan fingerprint density at radius 1 is 0.686 bits per heavy atom. The first-order chi connectivity index (χ1) is 57.2. The number of carbonyl (C=O) groups excluding carboxylic acids is 7. The fraction of sp³-hybridized carbons (Fsp3) is 0.536. The highest BCUT2D eigenvalue weighted by Crippen LogP contribution is 2.51. The molecule has 0 aliphatic carbocycles. The summed E-state index contributed by atoms with van der Waals surface area (Å²) in [4.78, 5) is 127. The van der Waals surface area contributed by atoms with E-state index in [1.165, 1.54) is 74.9 Å². The maximum Gasteiger partial charge on any atom is 0.490 e. The number of aromatic hydroxyl groups is 3. The third kappa shape index (κ3) is 23.9. The van der Waals surface area contributed by atoms with E-state index >= 15 is 19.2 Å². The van der Waals surface area contributed by atoms with Crippen molar-refractivity contribution in [2.24, 2.45) is 23.5 Å². The Labute approximate surface area is 704 Å². The van der Waals surface area contributed by atoms with Crippen LogP contribution in [0, 0.1) is 17.8 Å². The lowest BCUT2D eigenvalue weighted by atomic mass is 9.84. The lowest BCUT2D eigenvalue weighted by Gasteiger charge is -2.48. The number of ketones is 2. The number of carbonyl (C=O) groups is 9. The van der Waals surface area contributed by atoms with Gasteiger partial charge in [-0.15, -0.1) is 0 Å². The Morgan fingerprint density at radius 3 is 1.83 bits per heavy atom. The average Bonchev–Trinajstić information content (AvgIpc) is 0.769. The molecule has 11 bridgehead atoms. The molecule has 0 spiro atoms. The highest BCUT2D eigenvalue weighted by Gasteiger charge is 2.52. The summed E-state index contributed by atoms with van der Waals surface area (Å²) in [5, 5.41) is 136. The number of primary amides is 1. The topological polar surface area (TPSA) is 518 Å². The number of aliphatic carboxylic acids is 2. The van der Waals surface area contributed by atoms with Crippen molar-refractivity contribution in [2.75, 3.05) is 13.2 Å². The summed E-state index contributed by atoms with van der Waals surface area (Å²) >= 11 is 14.3. The molecule has 1 unspecified atom stereocenters. The number of benzene rings is 5. The van der Waals surface area contributed by atoms with Gasteiger partial charge in [0.25, 0.3) is 0 Å². The van der Waals surface area contributed by atoms with Crippen molar-refractivity contribution in [2.45, 2.75) is 254 Å². The number of aliphatic hydroxyl groups is 6. The number of carboxylic acid groups (broad SMARTS) is 2. The maximum absolute atomic E-state index is 16.3. The van der Waals surface area contributed by atoms with E-state index in [0.717, 1.165) is 74.6 Å². The number of amides is 5. The highest BCUT2D eigenvalue weighted by atomic mass is 35.5. The normalized spacial score (nSPS) is 26.6. The number of hydrogen-bond acceptors (Lipinski definition) is 25. The van der Waals surface area contributed by atoms with Crippen LogP contribution in [0.3, 0.4) is 0 Å². The van der Waals surface area contributed by atoms with E-state index in [2.05, 4.69) is 33.5 Å². The number of halogens is 5. The molecule has 7 aliphatic rings. The lowest BCUT2D eigenvalue weighted by Crippen LogP contribution is -2.65. The molecule has 7 heterocycles. The summed E-state index contributed by atoms with van der Waals surface area (Å²) in [6, 6.07) is 5.94. The third-order valence-electron chi connectivity index (χ3n) is 22.1. The number of hydrogen-bond donors (Lipinski definition) is 17. The van der Waals surface area contributed by atoms with E-state index in [1.807, 2.05) is 13.8 Å². The van der Waals surface area contributed by atoms with Crippen LogP contribution < -0.4 is 46.5 Å². The number of carboxylic acids is 2. The predicted molar refractivity (Wildman–Crippen MR) is 427 cm³/mol. The smallest absolute Gasteiger partial charge is 0.490 e. The number of fused-ring (bicyclic) bond motifs is 15. The molecule has 18 N–H and O–H groups in total. The number of ether oxygens (including phenoxy) is 6. The number of Topliss-reactive ketones (excluding diaryl/α,β-unsaturated/α-hetero) is 2. The first-order valence-corrected chi connectivity index (χ1v) is 40.9. The van der Waals surface area contributed by atoms with Crippen LogP contribution in [-0.2, 0) is 57.4 Å². The zero-order valence-electron chi connectivity index (χ0n) is 67.3. The van der Waals surface area contributed by atoms with Crippen molar-refractivity contribution in [1.82, 2.24) is 26.6 Å². The number of rotatable bonds is 26. The molecule has 5 amide bonds. The average molecular weight is 1740 g/mol. The van der Waals surface area contributed by atoms with Crippen LogP contribution in [0.15, 0.2) is 78.9 Å². The van der Waals surface area contributed by atoms with Crippen molar-refractivity contribution in [3.8, 4) is 57.1 Å². The number of alkyl halides is 3. The lowest BCUT2D eigenvalue weighted by molar-refractivity contribution is -0.334. The molecule has 18 atom stereocenters. The molecule has 0 saturated carbocycles. The van der Waals surface area contributed by atoms with Gasteiger partial charge in [0.15, 0.2) is 41.5 Å². The van der Waals surface area contributed by atoms with E-state index in [4.69, 9.17) is 67.3 Å². The minimum Gasteiger partial charge on any atom is -0.508 e. The molecule has 5 aromatic rings. The van der Waals surface area contributed by atoms with Gasteiger partial charge < -0.3 is 117 Å². The minimum atomic E-state index is -5.08. The summed E-state index contributed by atoms with van der Waals surface area (Å²) < 4.78 is 71.4. The van der Waals surface area contributed by atoms with Crippen LogP contribution in [0.4, 0.5) is 13.2 Å². The highest BCUT2D eigenvalue weighted by molar-refractivity contribution is 6.32. The summed E-state index contributed by atoms with van der Waals surface area (Å²) in [7, 11) is 0. The predicted octanol–water partition coefficient (Wildman–Crippen LogP) is 9.10. The van der Waals surface area contributed by atoms with E-state index in [0.29, 0.717) is 19.4 Å². The van der Waals surface area contributed by atoms with Crippen LogP contribution in [-0.4, -0.2) is 195 Å². The third-order valence-corrected chi connectivity index (χ3v) is 22.7. The van der Waals surface area contributed by atoms with E-state index in [1.54, 1.807) is 20.8 Å². The SMILES string of the molecule is CCCCCCCCCCCCCN[C@@]1(C)C[C@H](O[C@H]2[C@H](Oc3c4cc5cc3Oc3ccc(cc3Cl)[C@@H](O)[C@@H](NC(=O)[C@H](CC)CC(C)C)C(=O)C[C@@H](CC(N)=O)C(=O)N[C@H]5C(=O)CC3C(=O)N[C@H](C(=O)N[C@H](C(=O)O)c5cc(O)cc(O)c5-c5cc3ccc5O)[C@H](O)c3ccc(c(Cl)c3)O4)O[C@H](CO)[C@@H](O)[C@@H]2O)O[C@@H](C)[C@H]1O.O=C(O)C(F)(F)F. The van der Waals surface area contributed by atoms with Gasteiger partial charge in [0, 0.05) is 59.9 Å². The number of phenols is 3. The largest absolute Gasteiger partial charge is 0.508 e. The van der Waals surface area contributed by atoms with Crippen LogP contribution in [0.5, 0.6) is 46.0 Å². The Hall–Kier alpha value is -9.50. The molecule has 121 heavy (non-hydrogen) atoms. The van der Waals surface area contributed by atoms with Crippen LogP contribution >= 0.6 is 23.2 Å². The number of nitrogens with two attached hydrogens (primary N) is 1. The van der Waals surface area contributed by atoms with E-state index in [9.17, 15) is 83.4 Å². The first-order valence-electron chi connectivity index (χ1n) is 40.2. The Kier molecular flexibility index (Phi) is 33.1. The van der Waals surface area contributed by atoms with Gasteiger partial charge in [-0.05, 0) is 122 Å². The summed E-state index contributed by atoms with van der Waals surface area (Å²) in [6.45, 7) is 10.7. The molecule has 5 aromatic carbocycles. The molecule has 7 aliphatic heterocycles. The van der Waals surface area contributed by atoms with Gasteiger partial charge >= 0.3 is 18.1 Å². The molecule has 12 rings (SSSR count). The quantitative estimate of drug-likeness (QED) is 0.0229. The molecular weight excluding hydrogens is 1640 g/mol. The summed E-state index contributed by atoms with van der Waals surface area (Å²) in [5.41, 5.74) is 2.43. The molecule has 2 saturated heterocycles. The minimum absolute atomic E-state index is 0.0143. The van der Waals surface area contributed by atoms with Gasteiger partial charge in [-0.2, -0.15) is 13.2 Å². The van der Waals surface area contributed by atoms with Gasteiger partial charge in [-0.3, -0.25) is 33.6 Å². The number of nitrogens with one attached hydrogen (secondary N) is 5. The fourth-order valence-electron chi connectivity index (χ4n) is 15.5. The van der Waals surface area contributed by atoms with Crippen molar-refractivity contribution < 1.29 is 141 Å². The Morgan fingerprint density at radius 2 is 1.27 bits per heavy atom. The second-order valence-electron chi connectivity index (χ2n) is 31.7. The molecular formula is C84H105Cl2F3N6O26. The van der Waals surface area contributed by atoms with E-state index < -0.39 is 250 Å². The molecule has 32 nitrogen and oxygen atoms in total. The Bertz CT molecular complexity index is 4560.